The summed E-state index contributed by atoms with van der Waals surface area (Å²) < 4.78 is 5.70. The Kier molecular flexibility index (Phi) is 5.98. The molecule has 22 heavy (non-hydrogen) atoms. The summed E-state index contributed by atoms with van der Waals surface area (Å²) in [4.78, 5) is 12.0. The lowest BCUT2D eigenvalue weighted by Gasteiger charge is -2.11. The molecule has 2 aromatic rings. The minimum absolute atomic E-state index is 0.0725. The van der Waals surface area contributed by atoms with E-state index in [1.807, 2.05) is 56.4 Å². The molecule has 1 amide bonds. The van der Waals surface area contributed by atoms with Crippen molar-refractivity contribution < 1.29 is 9.53 Å². The van der Waals surface area contributed by atoms with E-state index in [-0.39, 0.29) is 11.9 Å². The van der Waals surface area contributed by atoms with Gasteiger partial charge in [-0.15, -0.1) is 0 Å². The summed E-state index contributed by atoms with van der Waals surface area (Å²) in [5.41, 5.74) is 1.75. The first-order valence-electron chi connectivity index (χ1n) is 7.41. The molecule has 2 aromatic carbocycles. The Morgan fingerprint density at radius 1 is 1.09 bits per heavy atom. The summed E-state index contributed by atoms with van der Waals surface area (Å²) in [6.07, 6.45) is 0. The van der Waals surface area contributed by atoms with Gasteiger partial charge >= 0.3 is 0 Å². The molecule has 4 heteroatoms. The fraction of sp³-hybridized carbons (Fsp3) is 0.278. The van der Waals surface area contributed by atoms with Crippen LogP contribution in [0.15, 0.2) is 54.6 Å². The topological polar surface area (TPSA) is 50.4 Å². The molecule has 4 nitrogen and oxygen atoms in total. The molecule has 2 N–H and O–H groups in total. The van der Waals surface area contributed by atoms with Crippen molar-refractivity contribution in [3.63, 3.8) is 0 Å². The highest BCUT2D eigenvalue weighted by Crippen LogP contribution is 2.14. The highest BCUT2D eigenvalue weighted by atomic mass is 16.5. The molecule has 2 rings (SSSR count). The third-order valence-corrected chi connectivity index (χ3v) is 3.43. The minimum Gasteiger partial charge on any atom is -0.489 e. The van der Waals surface area contributed by atoms with Gasteiger partial charge in [0.15, 0.2) is 0 Å². The molecular formula is C18H22N2O2. The highest BCUT2D eigenvalue weighted by molar-refractivity contribution is 5.94. The standard InChI is InChI=1S/C18H22N2O2/c1-14(19-2)12-20-18(21)16-8-10-17(11-9-16)22-13-15-6-4-3-5-7-15/h3-11,14,19H,12-13H2,1-2H3,(H,20,21). The van der Waals surface area contributed by atoms with Crippen molar-refractivity contribution in [1.82, 2.24) is 10.6 Å². The van der Waals surface area contributed by atoms with Crippen LogP contribution < -0.4 is 15.4 Å². The van der Waals surface area contributed by atoms with Gasteiger partial charge in [0.25, 0.3) is 5.91 Å². The second-order valence-electron chi connectivity index (χ2n) is 5.20. The maximum atomic E-state index is 12.0. The van der Waals surface area contributed by atoms with Crippen molar-refractivity contribution in [2.75, 3.05) is 13.6 Å². The first-order valence-corrected chi connectivity index (χ1v) is 7.41. The number of amides is 1. The summed E-state index contributed by atoms with van der Waals surface area (Å²) in [5, 5.41) is 5.96. The van der Waals surface area contributed by atoms with Crippen LogP contribution in [0.2, 0.25) is 0 Å². The van der Waals surface area contributed by atoms with Gasteiger partial charge < -0.3 is 15.4 Å². The molecule has 0 aliphatic carbocycles. The van der Waals surface area contributed by atoms with Crippen molar-refractivity contribution in [2.24, 2.45) is 0 Å². The van der Waals surface area contributed by atoms with Crippen LogP contribution in [0.3, 0.4) is 0 Å². The number of benzene rings is 2. The smallest absolute Gasteiger partial charge is 0.251 e. The number of hydrogen-bond donors (Lipinski definition) is 2. The number of rotatable bonds is 7. The summed E-state index contributed by atoms with van der Waals surface area (Å²) in [7, 11) is 1.87. The number of ether oxygens (including phenoxy) is 1. The fourth-order valence-corrected chi connectivity index (χ4v) is 1.89. The Bertz CT molecular complexity index is 582. The van der Waals surface area contributed by atoms with Crippen LogP contribution in [-0.4, -0.2) is 25.5 Å². The van der Waals surface area contributed by atoms with Gasteiger partial charge in [-0.2, -0.15) is 0 Å². The second-order valence-corrected chi connectivity index (χ2v) is 5.20. The summed E-state index contributed by atoms with van der Waals surface area (Å²) >= 11 is 0. The third kappa shape index (κ3) is 4.90. The minimum atomic E-state index is -0.0725. The van der Waals surface area contributed by atoms with Crippen molar-refractivity contribution in [1.29, 1.82) is 0 Å². The van der Waals surface area contributed by atoms with Crippen molar-refractivity contribution in [3.05, 3.63) is 65.7 Å². The zero-order valence-corrected chi connectivity index (χ0v) is 13.0. The van der Waals surface area contributed by atoms with Crippen molar-refractivity contribution >= 4 is 5.91 Å². The summed E-state index contributed by atoms with van der Waals surface area (Å²) in [6.45, 7) is 3.13. The molecule has 0 saturated carbocycles. The molecular weight excluding hydrogens is 276 g/mol. The largest absolute Gasteiger partial charge is 0.489 e. The Hall–Kier alpha value is -2.33. The Morgan fingerprint density at radius 3 is 2.41 bits per heavy atom. The van der Waals surface area contributed by atoms with Crippen LogP contribution in [0.25, 0.3) is 0 Å². The Morgan fingerprint density at radius 2 is 1.77 bits per heavy atom. The lowest BCUT2D eigenvalue weighted by atomic mass is 10.2. The zero-order chi connectivity index (χ0) is 15.8. The molecule has 0 saturated heterocycles. The van der Waals surface area contributed by atoms with E-state index in [1.54, 1.807) is 12.1 Å². The van der Waals surface area contributed by atoms with Crippen molar-refractivity contribution in [2.45, 2.75) is 19.6 Å². The van der Waals surface area contributed by atoms with E-state index >= 15 is 0 Å². The SMILES string of the molecule is CNC(C)CNC(=O)c1ccc(OCc2ccccc2)cc1. The lowest BCUT2D eigenvalue weighted by Crippen LogP contribution is -2.37. The predicted molar refractivity (Wildman–Crippen MR) is 88.1 cm³/mol. The van der Waals surface area contributed by atoms with Gasteiger partial charge in [0.05, 0.1) is 0 Å². The number of carbonyl (C=O) groups excluding carboxylic acids is 1. The van der Waals surface area contributed by atoms with E-state index in [9.17, 15) is 4.79 Å². The quantitative estimate of drug-likeness (QED) is 0.826. The van der Waals surface area contributed by atoms with Gasteiger partial charge in [-0.1, -0.05) is 30.3 Å². The van der Waals surface area contributed by atoms with Gasteiger partial charge in [0, 0.05) is 18.2 Å². The third-order valence-electron chi connectivity index (χ3n) is 3.43. The van der Waals surface area contributed by atoms with Gasteiger partial charge in [0.2, 0.25) is 0 Å². The summed E-state index contributed by atoms with van der Waals surface area (Å²) in [5.74, 6) is 0.681. The van der Waals surface area contributed by atoms with Crippen molar-refractivity contribution in [3.8, 4) is 5.75 Å². The monoisotopic (exact) mass is 298 g/mol. The van der Waals surface area contributed by atoms with E-state index in [0.717, 1.165) is 11.3 Å². The first kappa shape index (κ1) is 16.0. The van der Waals surface area contributed by atoms with Crippen LogP contribution >= 0.6 is 0 Å². The molecule has 0 aliphatic rings. The average molecular weight is 298 g/mol. The first-order chi connectivity index (χ1) is 10.7. The van der Waals surface area contributed by atoms with Crippen LogP contribution in [0.1, 0.15) is 22.8 Å². The molecule has 1 unspecified atom stereocenters. The molecule has 0 aromatic heterocycles. The molecule has 116 valence electrons. The van der Waals surface area contributed by atoms with Gasteiger partial charge in [-0.25, -0.2) is 0 Å². The summed E-state index contributed by atoms with van der Waals surface area (Å²) in [6, 6.07) is 17.4. The number of likely N-dealkylation sites (N-methyl/N-ethyl adjacent to an activating group) is 1. The normalized spacial score (nSPS) is 11.7. The van der Waals surface area contributed by atoms with E-state index in [4.69, 9.17) is 4.74 Å². The number of nitrogens with one attached hydrogen (secondary N) is 2. The van der Waals surface area contributed by atoms with Gasteiger partial charge in [-0.3, -0.25) is 4.79 Å². The molecule has 0 radical (unpaired) electrons. The van der Waals surface area contributed by atoms with Crippen LogP contribution in [0, 0.1) is 0 Å². The van der Waals surface area contributed by atoms with Gasteiger partial charge in [0.1, 0.15) is 12.4 Å². The second kappa shape index (κ2) is 8.20. The zero-order valence-electron chi connectivity index (χ0n) is 13.0. The number of hydrogen-bond acceptors (Lipinski definition) is 3. The maximum absolute atomic E-state index is 12.0. The van der Waals surface area contributed by atoms with E-state index in [1.165, 1.54) is 0 Å². The molecule has 0 heterocycles. The molecule has 0 spiro atoms. The average Bonchev–Trinajstić information content (AvgIpc) is 2.59. The van der Waals surface area contributed by atoms with E-state index in [2.05, 4.69) is 10.6 Å². The highest BCUT2D eigenvalue weighted by Gasteiger charge is 2.07. The van der Waals surface area contributed by atoms with Gasteiger partial charge in [-0.05, 0) is 43.8 Å². The molecule has 1 atom stereocenters. The van der Waals surface area contributed by atoms with Crippen LogP contribution in [0.5, 0.6) is 5.75 Å². The predicted octanol–water partition coefficient (Wildman–Crippen LogP) is 2.60. The molecule has 0 fully saturated rings. The number of carbonyl (C=O) groups is 1. The van der Waals surface area contributed by atoms with E-state index < -0.39 is 0 Å². The lowest BCUT2D eigenvalue weighted by molar-refractivity contribution is 0.0950. The maximum Gasteiger partial charge on any atom is 0.251 e. The Balaban J connectivity index is 1.86. The molecule has 0 bridgehead atoms. The fourth-order valence-electron chi connectivity index (χ4n) is 1.89. The molecule has 0 aliphatic heterocycles. The van der Waals surface area contributed by atoms with Crippen LogP contribution in [0.4, 0.5) is 0 Å². The Labute approximate surface area is 131 Å². The van der Waals surface area contributed by atoms with Crippen LogP contribution in [-0.2, 0) is 6.61 Å². The van der Waals surface area contributed by atoms with E-state index in [0.29, 0.717) is 18.7 Å².